The number of ether oxygens (including phenoxy) is 1. The third kappa shape index (κ3) is 1.85. The average molecular weight is 312 g/mol. The zero-order valence-corrected chi connectivity index (χ0v) is 11.9. The molecule has 3 heterocycles. The van der Waals surface area contributed by atoms with Gasteiger partial charge in [0.2, 0.25) is 0 Å². The first-order valence-corrected chi connectivity index (χ1v) is 6.63. The maximum atomic E-state index is 12.3. The van der Waals surface area contributed by atoms with E-state index in [1.165, 1.54) is 29.6 Å². The van der Waals surface area contributed by atoms with Crippen molar-refractivity contribution in [2.45, 2.75) is 24.5 Å². The lowest BCUT2D eigenvalue weighted by molar-refractivity contribution is -0.0509. The van der Waals surface area contributed by atoms with Gasteiger partial charge in [-0.25, -0.2) is 9.78 Å². The van der Waals surface area contributed by atoms with E-state index in [1.54, 1.807) is 0 Å². The number of hydrogen-bond donors (Lipinski definition) is 3. The summed E-state index contributed by atoms with van der Waals surface area (Å²) in [6.45, 7) is -0.474. The van der Waals surface area contributed by atoms with Gasteiger partial charge in [-0.15, -0.1) is 0 Å². The smallest absolute Gasteiger partial charge is 0.332 e. The van der Waals surface area contributed by atoms with Crippen LogP contribution in [0.25, 0.3) is 11.2 Å². The Labute approximate surface area is 123 Å². The number of imidazole rings is 1. The third-order valence-electron chi connectivity index (χ3n) is 3.96. The van der Waals surface area contributed by atoms with E-state index >= 15 is 0 Å². The Hall–Kier alpha value is -2.01. The summed E-state index contributed by atoms with van der Waals surface area (Å²) in [5, 5.41) is 29.0. The molecule has 0 amide bonds. The van der Waals surface area contributed by atoms with Crippen LogP contribution in [-0.2, 0) is 18.8 Å². The van der Waals surface area contributed by atoms with Crippen LogP contribution in [0.15, 0.2) is 15.9 Å². The highest BCUT2D eigenvalue weighted by atomic mass is 16.6. The molecule has 22 heavy (non-hydrogen) atoms. The molecular formula is C12H16N4O6. The van der Waals surface area contributed by atoms with Crippen molar-refractivity contribution in [1.29, 1.82) is 0 Å². The maximum Gasteiger partial charge on any atom is 0.332 e. The summed E-state index contributed by atoms with van der Waals surface area (Å²) in [4.78, 5) is 28.2. The van der Waals surface area contributed by atoms with Gasteiger partial charge in [0.25, 0.3) is 5.56 Å². The van der Waals surface area contributed by atoms with Crippen molar-refractivity contribution in [3.63, 3.8) is 0 Å². The van der Waals surface area contributed by atoms with Gasteiger partial charge in [0, 0.05) is 14.1 Å². The second kappa shape index (κ2) is 5.02. The predicted molar refractivity (Wildman–Crippen MR) is 73.2 cm³/mol. The molecule has 120 valence electrons. The monoisotopic (exact) mass is 312 g/mol. The summed E-state index contributed by atoms with van der Waals surface area (Å²) in [6.07, 6.45) is -3.41. The Morgan fingerprint density at radius 3 is 2.50 bits per heavy atom. The molecule has 0 spiro atoms. The van der Waals surface area contributed by atoms with Crippen molar-refractivity contribution in [3.8, 4) is 0 Å². The molecule has 3 rings (SSSR count). The summed E-state index contributed by atoms with van der Waals surface area (Å²) in [7, 11) is 2.80. The molecule has 0 aromatic carbocycles. The molecule has 1 aliphatic rings. The van der Waals surface area contributed by atoms with Gasteiger partial charge >= 0.3 is 5.69 Å². The van der Waals surface area contributed by atoms with E-state index < -0.39 is 42.4 Å². The molecular weight excluding hydrogens is 296 g/mol. The first-order valence-electron chi connectivity index (χ1n) is 6.63. The van der Waals surface area contributed by atoms with Gasteiger partial charge in [0.05, 0.1) is 12.9 Å². The molecule has 0 bridgehead atoms. The Bertz CT molecular complexity index is 836. The lowest BCUT2D eigenvalue weighted by Crippen LogP contribution is -2.38. The van der Waals surface area contributed by atoms with E-state index in [9.17, 15) is 19.8 Å². The standard InChI is InChI=1S/C12H16N4O6/c1-14-9-6(10(20)15(2)12(14)21)16(4-13-9)11-8(19)7(18)5(3-17)22-11/h4-5,7-8,11,17-19H,3H2,1-2H3. The van der Waals surface area contributed by atoms with Crippen molar-refractivity contribution >= 4 is 11.2 Å². The number of nitrogens with zero attached hydrogens (tertiary/aromatic N) is 4. The van der Waals surface area contributed by atoms with Crippen LogP contribution < -0.4 is 11.2 Å². The van der Waals surface area contributed by atoms with Crippen LogP contribution in [0.5, 0.6) is 0 Å². The maximum absolute atomic E-state index is 12.3. The van der Waals surface area contributed by atoms with E-state index in [0.29, 0.717) is 0 Å². The summed E-state index contributed by atoms with van der Waals surface area (Å²) in [5.41, 5.74) is -0.900. The molecule has 0 aliphatic carbocycles. The van der Waals surface area contributed by atoms with Crippen LogP contribution in [-0.4, -0.2) is 58.9 Å². The van der Waals surface area contributed by atoms with Crippen molar-refractivity contribution < 1.29 is 20.1 Å². The minimum atomic E-state index is -1.34. The minimum absolute atomic E-state index is 0.0689. The van der Waals surface area contributed by atoms with Gasteiger partial charge in [0.1, 0.15) is 18.3 Å². The summed E-state index contributed by atoms with van der Waals surface area (Å²) in [6, 6.07) is 0. The molecule has 0 radical (unpaired) electrons. The molecule has 2 aromatic rings. The topological polar surface area (TPSA) is 132 Å². The molecule has 4 unspecified atom stereocenters. The normalized spacial score (nSPS) is 28.6. The Balaban J connectivity index is 2.22. The van der Waals surface area contributed by atoms with Crippen molar-refractivity contribution in [1.82, 2.24) is 18.7 Å². The zero-order valence-electron chi connectivity index (χ0n) is 11.9. The fraction of sp³-hybridized carbons (Fsp3) is 0.583. The Kier molecular flexibility index (Phi) is 3.40. The number of hydrogen-bond acceptors (Lipinski definition) is 7. The van der Waals surface area contributed by atoms with Crippen LogP contribution in [0, 0.1) is 0 Å². The van der Waals surface area contributed by atoms with E-state index in [2.05, 4.69) is 4.98 Å². The molecule has 1 fully saturated rings. The summed E-state index contributed by atoms with van der Waals surface area (Å²) in [5.74, 6) is 0. The van der Waals surface area contributed by atoms with E-state index in [1.807, 2.05) is 0 Å². The van der Waals surface area contributed by atoms with E-state index in [-0.39, 0.29) is 11.2 Å². The molecule has 0 saturated carbocycles. The second-order valence-electron chi connectivity index (χ2n) is 5.26. The van der Waals surface area contributed by atoms with E-state index in [0.717, 1.165) is 4.57 Å². The first-order chi connectivity index (χ1) is 10.4. The van der Waals surface area contributed by atoms with Gasteiger partial charge in [-0.2, -0.15) is 0 Å². The molecule has 10 nitrogen and oxygen atoms in total. The summed E-state index contributed by atoms with van der Waals surface area (Å²) < 4.78 is 8.78. The highest BCUT2D eigenvalue weighted by Gasteiger charge is 2.44. The van der Waals surface area contributed by atoms with E-state index in [4.69, 9.17) is 9.84 Å². The van der Waals surface area contributed by atoms with Gasteiger partial charge < -0.3 is 20.1 Å². The lowest BCUT2D eigenvalue weighted by Gasteiger charge is -2.17. The third-order valence-corrected chi connectivity index (χ3v) is 3.96. The van der Waals surface area contributed by atoms with Crippen molar-refractivity contribution in [2.75, 3.05) is 6.61 Å². The molecule has 1 saturated heterocycles. The summed E-state index contributed by atoms with van der Waals surface area (Å²) >= 11 is 0. The first kappa shape index (κ1) is 14.9. The Morgan fingerprint density at radius 1 is 1.23 bits per heavy atom. The predicted octanol–water partition coefficient (Wildman–Crippen LogP) is -2.95. The van der Waals surface area contributed by atoms with Gasteiger partial charge in [-0.3, -0.25) is 18.5 Å². The number of aromatic nitrogens is 4. The molecule has 2 aromatic heterocycles. The van der Waals surface area contributed by atoms with Gasteiger partial charge in [-0.05, 0) is 0 Å². The molecule has 1 aliphatic heterocycles. The number of rotatable bonds is 2. The molecule has 3 N–H and O–H groups in total. The largest absolute Gasteiger partial charge is 0.394 e. The highest BCUT2D eigenvalue weighted by molar-refractivity contribution is 5.70. The van der Waals surface area contributed by atoms with Crippen LogP contribution in [0.2, 0.25) is 0 Å². The van der Waals surface area contributed by atoms with Crippen LogP contribution >= 0.6 is 0 Å². The van der Waals surface area contributed by atoms with Gasteiger partial charge in [0.15, 0.2) is 17.4 Å². The zero-order chi connectivity index (χ0) is 16.2. The number of aliphatic hydroxyl groups is 3. The number of fused-ring (bicyclic) bond motifs is 1. The van der Waals surface area contributed by atoms with Crippen LogP contribution in [0.4, 0.5) is 0 Å². The average Bonchev–Trinajstić information content (AvgIpc) is 3.06. The fourth-order valence-corrected chi connectivity index (χ4v) is 2.67. The Morgan fingerprint density at radius 2 is 1.91 bits per heavy atom. The lowest BCUT2D eigenvalue weighted by atomic mass is 10.1. The second-order valence-corrected chi connectivity index (χ2v) is 5.26. The van der Waals surface area contributed by atoms with Gasteiger partial charge in [-0.1, -0.05) is 0 Å². The van der Waals surface area contributed by atoms with Crippen molar-refractivity contribution in [2.24, 2.45) is 14.1 Å². The SMILES string of the molecule is Cn1c(=O)c2c(ncn2C2OC(CO)C(O)C2O)n(C)c1=O. The van der Waals surface area contributed by atoms with Crippen molar-refractivity contribution in [3.05, 3.63) is 27.2 Å². The number of aliphatic hydroxyl groups excluding tert-OH is 3. The quantitative estimate of drug-likeness (QED) is 0.540. The fourth-order valence-electron chi connectivity index (χ4n) is 2.67. The molecule has 10 heteroatoms. The highest BCUT2D eigenvalue weighted by Crippen LogP contribution is 2.30. The van der Waals surface area contributed by atoms with Crippen LogP contribution in [0.3, 0.4) is 0 Å². The number of aryl methyl sites for hydroxylation is 1. The minimum Gasteiger partial charge on any atom is -0.394 e. The van der Waals surface area contributed by atoms with Crippen LogP contribution in [0.1, 0.15) is 6.23 Å². The molecule has 4 atom stereocenters.